The summed E-state index contributed by atoms with van der Waals surface area (Å²) in [5, 5.41) is 12.1. The van der Waals surface area contributed by atoms with Gasteiger partial charge >= 0.3 is 0 Å². The summed E-state index contributed by atoms with van der Waals surface area (Å²) in [7, 11) is -3.62. The fourth-order valence-corrected chi connectivity index (χ4v) is 7.68. The van der Waals surface area contributed by atoms with E-state index in [0.717, 1.165) is 28.7 Å². The molecule has 1 N–H and O–H groups in total. The van der Waals surface area contributed by atoms with Crippen molar-refractivity contribution in [1.29, 1.82) is 0 Å². The third-order valence-electron chi connectivity index (χ3n) is 7.39. The molecule has 0 aliphatic carbocycles. The lowest BCUT2D eigenvalue weighted by Gasteiger charge is -2.29. The van der Waals surface area contributed by atoms with Crippen LogP contribution >= 0.6 is 27.7 Å². The first-order valence-electron chi connectivity index (χ1n) is 14.3. The lowest BCUT2D eigenvalue weighted by atomic mass is 10.0. The van der Waals surface area contributed by atoms with Gasteiger partial charge in [0.15, 0.2) is 11.0 Å². The van der Waals surface area contributed by atoms with Crippen LogP contribution in [0.5, 0.6) is 0 Å². The Morgan fingerprint density at radius 3 is 2.39 bits per heavy atom. The van der Waals surface area contributed by atoms with Crippen molar-refractivity contribution < 1.29 is 18.0 Å². The van der Waals surface area contributed by atoms with Crippen molar-refractivity contribution in [1.82, 2.24) is 24.4 Å². The van der Waals surface area contributed by atoms with Crippen LogP contribution in [0.25, 0.3) is 5.69 Å². The summed E-state index contributed by atoms with van der Waals surface area (Å²) in [5.74, 6) is 0.279. The van der Waals surface area contributed by atoms with Crippen LogP contribution < -0.4 is 10.2 Å². The van der Waals surface area contributed by atoms with Crippen LogP contribution in [0.1, 0.15) is 42.0 Å². The first-order valence-corrected chi connectivity index (χ1v) is 17.5. The first-order chi connectivity index (χ1) is 21.2. The maximum atomic E-state index is 13.3. The average Bonchev–Trinajstić information content (AvgIpc) is 3.45. The number of hydrogen-bond donors (Lipinski definition) is 1. The van der Waals surface area contributed by atoms with Crippen molar-refractivity contribution in [3.05, 3.63) is 94.2 Å². The van der Waals surface area contributed by atoms with Crippen LogP contribution in [0.15, 0.2) is 87.3 Å². The number of nitrogens with zero attached hydrogens (tertiary/aromatic N) is 5. The van der Waals surface area contributed by atoms with Gasteiger partial charge in [-0.2, -0.15) is 4.31 Å². The van der Waals surface area contributed by atoms with E-state index < -0.39 is 10.0 Å². The zero-order chi connectivity index (χ0) is 31.3. The SMILES string of the molecule is CCN(CC)S(=O)(=O)c1ccc(C(=O)NCc2nnc(SCC(=O)N3CCCc4ccccc43)n2-c2ccc(Br)cc2)cc1. The molecular weight excluding hydrogens is 664 g/mol. The summed E-state index contributed by atoms with van der Waals surface area (Å²) in [6, 6.07) is 21.5. The van der Waals surface area contributed by atoms with Crippen LogP contribution in [0.3, 0.4) is 0 Å². The molecule has 0 bridgehead atoms. The van der Waals surface area contributed by atoms with Crippen molar-refractivity contribution in [2.24, 2.45) is 0 Å². The normalized spacial score (nSPS) is 13.1. The molecule has 13 heteroatoms. The summed E-state index contributed by atoms with van der Waals surface area (Å²) < 4.78 is 29.7. The molecule has 4 aromatic rings. The molecule has 3 aromatic carbocycles. The first kappa shape index (κ1) is 31.9. The maximum absolute atomic E-state index is 13.3. The van der Waals surface area contributed by atoms with E-state index in [2.05, 4.69) is 37.5 Å². The molecule has 10 nitrogen and oxygen atoms in total. The fraction of sp³-hybridized carbons (Fsp3) is 0.290. The molecule has 0 radical (unpaired) electrons. The standard InChI is InChI=1S/C31H33BrN6O4S2/c1-3-36(4-2)44(41,42)26-17-11-23(12-18-26)30(40)33-20-28-34-35-31(38(28)25-15-13-24(32)14-16-25)43-21-29(39)37-19-7-9-22-8-5-6-10-27(22)37/h5-6,8,10-18H,3-4,7,9,19-21H2,1-2H3,(H,33,40). The lowest BCUT2D eigenvalue weighted by molar-refractivity contribution is -0.116. The van der Waals surface area contributed by atoms with E-state index in [0.29, 0.717) is 36.2 Å². The van der Waals surface area contributed by atoms with Crippen molar-refractivity contribution in [3.8, 4) is 5.69 Å². The number of carbonyl (C=O) groups excluding carboxylic acids is 2. The molecular formula is C31H33BrN6O4S2. The van der Waals surface area contributed by atoms with Crippen molar-refractivity contribution in [2.45, 2.75) is 43.3 Å². The highest BCUT2D eigenvalue weighted by Crippen LogP contribution is 2.29. The number of aryl methyl sites for hydroxylation is 1. The van der Waals surface area contributed by atoms with Gasteiger partial charge in [-0.15, -0.1) is 10.2 Å². The van der Waals surface area contributed by atoms with Crippen molar-refractivity contribution in [2.75, 3.05) is 30.3 Å². The number of para-hydroxylation sites is 1. The number of fused-ring (bicyclic) bond motifs is 1. The van der Waals surface area contributed by atoms with E-state index in [-0.39, 0.29) is 29.0 Å². The van der Waals surface area contributed by atoms with Crippen LogP contribution in [-0.4, -0.2) is 64.7 Å². The van der Waals surface area contributed by atoms with E-state index in [1.165, 1.54) is 45.9 Å². The van der Waals surface area contributed by atoms with Gasteiger partial charge in [0.05, 0.1) is 17.2 Å². The number of thioether (sulfide) groups is 1. The predicted molar refractivity (Wildman–Crippen MR) is 175 cm³/mol. The molecule has 0 unspecified atom stereocenters. The highest BCUT2D eigenvalue weighted by Gasteiger charge is 2.25. The minimum atomic E-state index is -3.62. The Balaban J connectivity index is 1.31. The van der Waals surface area contributed by atoms with Crippen LogP contribution in [0, 0.1) is 0 Å². The smallest absolute Gasteiger partial charge is 0.251 e. The second-order valence-corrected chi connectivity index (χ2v) is 13.9. The Bertz CT molecular complexity index is 1740. The number of aromatic nitrogens is 3. The number of hydrogen-bond acceptors (Lipinski definition) is 7. The number of halogens is 1. The molecule has 2 amide bonds. The number of amides is 2. The number of sulfonamides is 1. The Labute approximate surface area is 270 Å². The Morgan fingerprint density at radius 2 is 1.68 bits per heavy atom. The maximum Gasteiger partial charge on any atom is 0.251 e. The van der Waals surface area contributed by atoms with Crippen molar-refractivity contribution >= 4 is 55.2 Å². The molecule has 0 fully saturated rings. The molecule has 2 heterocycles. The predicted octanol–water partition coefficient (Wildman–Crippen LogP) is 5.06. The second kappa shape index (κ2) is 14.1. The Hall–Kier alpha value is -3.52. The van der Waals surface area contributed by atoms with E-state index in [9.17, 15) is 18.0 Å². The fourth-order valence-electron chi connectivity index (χ4n) is 5.11. The third kappa shape index (κ3) is 6.90. The number of benzene rings is 3. The zero-order valence-corrected chi connectivity index (χ0v) is 27.7. The largest absolute Gasteiger partial charge is 0.345 e. The number of anilines is 1. The monoisotopic (exact) mass is 696 g/mol. The van der Waals surface area contributed by atoms with E-state index >= 15 is 0 Å². The van der Waals surface area contributed by atoms with Gasteiger partial charge in [-0.3, -0.25) is 14.2 Å². The summed E-state index contributed by atoms with van der Waals surface area (Å²) in [5.41, 5.74) is 3.24. The van der Waals surface area contributed by atoms with Gasteiger partial charge in [-0.05, 0) is 73.0 Å². The van der Waals surface area contributed by atoms with Gasteiger partial charge in [0.2, 0.25) is 15.9 Å². The average molecular weight is 698 g/mol. The highest BCUT2D eigenvalue weighted by molar-refractivity contribution is 9.10. The minimum Gasteiger partial charge on any atom is -0.345 e. The molecule has 0 saturated carbocycles. The summed E-state index contributed by atoms with van der Waals surface area (Å²) in [6.45, 7) is 5.03. The quantitative estimate of drug-likeness (QED) is 0.218. The van der Waals surface area contributed by atoms with Crippen LogP contribution in [-0.2, 0) is 27.8 Å². The molecule has 5 rings (SSSR count). The van der Waals surface area contributed by atoms with Gasteiger partial charge in [-0.1, -0.05) is 59.7 Å². The molecule has 1 aromatic heterocycles. The van der Waals surface area contributed by atoms with E-state index in [1.54, 1.807) is 13.8 Å². The molecule has 1 aliphatic rings. The summed E-state index contributed by atoms with van der Waals surface area (Å²) in [4.78, 5) is 28.3. The lowest BCUT2D eigenvalue weighted by Crippen LogP contribution is -2.36. The van der Waals surface area contributed by atoms with E-state index in [1.807, 2.05) is 51.9 Å². The summed E-state index contributed by atoms with van der Waals surface area (Å²) in [6.07, 6.45) is 1.88. The minimum absolute atomic E-state index is 0.00573. The molecule has 0 spiro atoms. The van der Waals surface area contributed by atoms with Gasteiger partial charge in [-0.25, -0.2) is 8.42 Å². The topological polar surface area (TPSA) is 118 Å². The van der Waals surface area contributed by atoms with Crippen LogP contribution in [0.4, 0.5) is 5.69 Å². The zero-order valence-electron chi connectivity index (χ0n) is 24.4. The molecule has 0 saturated heterocycles. The van der Waals surface area contributed by atoms with Gasteiger partial charge in [0.1, 0.15) is 0 Å². The van der Waals surface area contributed by atoms with Crippen LogP contribution in [0.2, 0.25) is 0 Å². The Kier molecular flexibility index (Phi) is 10.2. The molecule has 0 atom stereocenters. The highest BCUT2D eigenvalue weighted by atomic mass is 79.9. The molecule has 230 valence electrons. The number of rotatable bonds is 11. The number of carbonyl (C=O) groups is 2. The van der Waals surface area contributed by atoms with E-state index in [4.69, 9.17) is 0 Å². The molecule has 1 aliphatic heterocycles. The Morgan fingerprint density at radius 1 is 0.977 bits per heavy atom. The second-order valence-electron chi connectivity index (χ2n) is 10.1. The summed E-state index contributed by atoms with van der Waals surface area (Å²) >= 11 is 4.77. The van der Waals surface area contributed by atoms with Gasteiger partial charge in [0.25, 0.3) is 5.91 Å². The van der Waals surface area contributed by atoms with Gasteiger partial charge < -0.3 is 10.2 Å². The molecule has 44 heavy (non-hydrogen) atoms. The number of nitrogens with one attached hydrogen (secondary N) is 1. The third-order valence-corrected chi connectivity index (χ3v) is 10.9. The van der Waals surface area contributed by atoms with Gasteiger partial charge in [0, 0.05) is 41.0 Å². The van der Waals surface area contributed by atoms with Crippen molar-refractivity contribution in [3.63, 3.8) is 0 Å².